The summed E-state index contributed by atoms with van der Waals surface area (Å²) in [7, 11) is 1.48. The topological polar surface area (TPSA) is 383 Å². The summed E-state index contributed by atoms with van der Waals surface area (Å²) in [6.45, 7) is 4.67. The number of amides is 11. The smallest absolute Gasteiger partial charge is 0.415 e. The van der Waals surface area contributed by atoms with Crippen LogP contribution in [0, 0.1) is 12.8 Å². The maximum absolute atomic E-state index is 14.7. The largest absolute Gasteiger partial charge is 0.491 e. The van der Waals surface area contributed by atoms with Crippen LogP contribution in [0.3, 0.4) is 0 Å². The van der Waals surface area contributed by atoms with Gasteiger partial charge in [-0.05, 0) is 96.3 Å². The predicted molar refractivity (Wildman–Crippen MR) is 358 cm³/mol. The number of nitrogens with two attached hydrogens (primary N) is 1. The minimum Gasteiger partial charge on any atom is -0.491 e. The fraction of sp³-hybridized carbons (Fsp3) is 0.388. The van der Waals surface area contributed by atoms with Crippen molar-refractivity contribution in [1.82, 2.24) is 40.0 Å². The number of aromatic nitrogens is 2. The van der Waals surface area contributed by atoms with E-state index in [1.54, 1.807) is 102 Å². The number of carbonyl (C=O) groups is 10. The van der Waals surface area contributed by atoms with Gasteiger partial charge in [0.2, 0.25) is 11.8 Å². The van der Waals surface area contributed by atoms with E-state index in [9.17, 15) is 53.1 Å². The summed E-state index contributed by atoms with van der Waals surface area (Å²) in [6, 6.07) is 20.2. The summed E-state index contributed by atoms with van der Waals surface area (Å²) in [4.78, 5) is 141. The highest BCUT2D eigenvalue weighted by Crippen LogP contribution is 2.47. The Morgan fingerprint density at radius 2 is 1.50 bits per heavy atom. The molecule has 4 heterocycles. The lowest BCUT2D eigenvalue weighted by Gasteiger charge is -2.26. The SMILES string of the molecule is Cc1cccc2c(OC(=O)N(CCOCCO)CCN(C)C(=O)OCc3ccc(NC(=O)[C@H](CCCNC(N)=O)NC(=O)[C@@H](NC(=O)OCCOCCN4C(=O)C=CC4=O)C(C)C)cc3)cc3c(c12)[C@H](CCl)CN3C(=O)c1cn2cc(NC(=O)c3ccc(OCCO)cc3)ccc2n1. The van der Waals surface area contributed by atoms with Gasteiger partial charge in [-0.3, -0.25) is 33.7 Å². The molecule has 8 rings (SSSR count). The van der Waals surface area contributed by atoms with Crippen molar-refractivity contribution in [3.63, 3.8) is 0 Å². The normalized spacial score (nSPS) is 13.8. The van der Waals surface area contributed by atoms with Crippen LogP contribution in [-0.4, -0.2) is 211 Å². The molecule has 2 aliphatic rings. The highest BCUT2D eigenvalue weighted by atomic mass is 35.5. The molecule has 0 spiro atoms. The molecule has 0 unspecified atom stereocenters. The van der Waals surface area contributed by atoms with Crippen LogP contribution < -0.4 is 46.7 Å². The van der Waals surface area contributed by atoms with Gasteiger partial charge in [-0.15, -0.1) is 11.6 Å². The molecule has 9 N–H and O–H groups in total. The van der Waals surface area contributed by atoms with E-state index < -0.39 is 71.8 Å². The van der Waals surface area contributed by atoms with Crippen molar-refractivity contribution >= 4 is 105 Å². The number of fused-ring (bicyclic) bond motifs is 4. The number of urea groups is 1. The van der Waals surface area contributed by atoms with E-state index in [-0.39, 0.29) is 141 Å². The molecular formula is C67H79ClN12O18. The van der Waals surface area contributed by atoms with E-state index in [4.69, 9.17) is 50.9 Å². The number of alkyl carbamates (subject to hydrolysis) is 1. The first kappa shape index (κ1) is 73.4. The number of nitrogens with one attached hydrogen (secondary N) is 5. The molecule has 2 aliphatic heterocycles. The first-order chi connectivity index (χ1) is 47.2. The zero-order valence-electron chi connectivity index (χ0n) is 54.5. The number of ether oxygens (including phenoxy) is 6. The van der Waals surface area contributed by atoms with Crippen LogP contribution in [0.4, 0.5) is 36.2 Å². The van der Waals surface area contributed by atoms with Crippen LogP contribution in [0.25, 0.3) is 16.4 Å². The second-order valence-corrected chi connectivity index (χ2v) is 23.4. The van der Waals surface area contributed by atoms with Crippen molar-refractivity contribution in [3.8, 4) is 11.5 Å². The van der Waals surface area contributed by atoms with Gasteiger partial charge in [0.1, 0.15) is 54.7 Å². The van der Waals surface area contributed by atoms with Gasteiger partial charge >= 0.3 is 24.3 Å². The Hall–Kier alpha value is -10.4. The number of anilines is 3. The number of nitrogens with zero attached hydrogens (tertiary/aromatic N) is 6. The molecule has 4 aromatic carbocycles. The number of imide groups is 1. The van der Waals surface area contributed by atoms with Gasteiger partial charge in [0.25, 0.3) is 23.6 Å². The molecule has 11 amide bonds. The third kappa shape index (κ3) is 19.9. The molecule has 2 aromatic heterocycles. The van der Waals surface area contributed by atoms with Gasteiger partial charge in [-0.2, -0.15) is 0 Å². The second-order valence-electron chi connectivity index (χ2n) is 23.1. The van der Waals surface area contributed by atoms with Crippen molar-refractivity contribution in [1.29, 1.82) is 0 Å². The van der Waals surface area contributed by atoms with Crippen molar-refractivity contribution in [2.45, 2.75) is 58.2 Å². The van der Waals surface area contributed by atoms with E-state index in [1.807, 2.05) is 25.1 Å². The number of rotatable bonds is 34. The monoisotopic (exact) mass is 1370 g/mol. The van der Waals surface area contributed by atoms with Crippen LogP contribution in [0.15, 0.2) is 109 Å². The van der Waals surface area contributed by atoms with Crippen LogP contribution >= 0.6 is 11.6 Å². The number of halogens is 1. The number of pyridine rings is 1. The van der Waals surface area contributed by atoms with Gasteiger partial charge in [0.15, 0.2) is 0 Å². The lowest BCUT2D eigenvalue weighted by Crippen LogP contribution is -2.54. The molecule has 0 saturated carbocycles. The minimum absolute atomic E-state index is 0.00133. The average molecular weight is 1380 g/mol. The third-order valence-electron chi connectivity index (χ3n) is 15.7. The number of imidazole rings is 1. The second kappa shape index (κ2) is 35.6. The van der Waals surface area contributed by atoms with Gasteiger partial charge in [0, 0.05) is 98.8 Å². The quantitative estimate of drug-likeness (QED) is 0.0149. The standard InChI is InChI=1S/C67H79ClN12O18/c1-41(2)59(75-65(90)96-34-33-94-30-26-79-55(83)20-21-56(79)84)62(87)74-50(9-6-22-70-64(69)89)61(86)71-46-14-10-43(11-15-46)40-97-66(91)76(4)23-24-77(25-29-93-31-27-81)67(92)98-53-35-52-58(57-42(3)7-5-8-49(53)57)45(36-68)37-80(52)63(88)51-39-78-38-47(16-19-54(78)73-51)72-60(85)44-12-17-48(18-13-44)95-32-28-82/h5,7-8,10-21,35,38-39,41,45,50,59,81-82H,6,9,22-34,36-37,40H2,1-4H3,(H,71,86)(H,72,85)(H,74,87)(H,75,90)(H3,69,70,89)/t45-,50+,59+/m1/s1. The zero-order chi connectivity index (χ0) is 70.4. The summed E-state index contributed by atoms with van der Waals surface area (Å²) >= 11 is 6.66. The maximum atomic E-state index is 14.7. The Morgan fingerprint density at radius 1 is 0.776 bits per heavy atom. The number of hydrogen-bond acceptors (Lipinski definition) is 19. The number of likely N-dealkylation sites (N-methyl/N-ethyl adjacent to an activating group) is 1. The summed E-state index contributed by atoms with van der Waals surface area (Å²) in [5, 5.41) is 33.1. The first-order valence-electron chi connectivity index (χ1n) is 31.6. The molecule has 98 heavy (non-hydrogen) atoms. The number of alkyl halides is 1. The van der Waals surface area contributed by atoms with Gasteiger partial charge in [0.05, 0.1) is 57.6 Å². The van der Waals surface area contributed by atoms with Crippen molar-refractivity contribution in [2.75, 3.05) is 121 Å². The number of aryl methyl sites for hydroxylation is 1. The van der Waals surface area contributed by atoms with Crippen molar-refractivity contribution in [2.24, 2.45) is 11.7 Å². The Balaban J connectivity index is 0.869. The molecular weight excluding hydrogens is 1300 g/mol. The Bertz CT molecular complexity index is 3870. The van der Waals surface area contributed by atoms with E-state index >= 15 is 0 Å². The Kier molecular flexibility index (Phi) is 26.6. The average Bonchev–Trinajstić information content (AvgIpc) is 1.63. The molecule has 30 nitrogen and oxygen atoms in total. The molecule has 31 heteroatoms. The van der Waals surface area contributed by atoms with Crippen LogP contribution in [-0.2, 0) is 44.7 Å². The van der Waals surface area contributed by atoms with Crippen molar-refractivity contribution in [3.05, 3.63) is 137 Å². The summed E-state index contributed by atoms with van der Waals surface area (Å²) < 4.78 is 35.0. The number of aliphatic hydroxyl groups excluding tert-OH is 2. The van der Waals surface area contributed by atoms with E-state index in [2.05, 4.69) is 31.6 Å². The lowest BCUT2D eigenvalue weighted by atomic mass is 9.92. The fourth-order valence-corrected chi connectivity index (χ4v) is 10.9. The van der Waals surface area contributed by atoms with Crippen molar-refractivity contribution < 1.29 is 86.6 Å². The van der Waals surface area contributed by atoms with E-state index in [0.717, 1.165) is 33.6 Å². The molecule has 3 atom stereocenters. The molecule has 6 aromatic rings. The number of hydrogen-bond donors (Lipinski definition) is 8. The highest BCUT2D eigenvalue weighted by molar-refractivity contribution is 6.19. The zero-order valence-corrected chi connectivity index (χ0v) is 55.3. The van der Waals surface area contributed by atoms with Gasteiger partial charge < -0.3 is 90.1 Å². The maximum Gasteiger partial charge on any atom is 0.415 e. The predicted octanol–water partition coefficient (Wildman–Crippen LogP) is 5.04. The molecule has 522 valence electrons. The molecule has 0 aliphatic carbocycles. The lowest BCUT2D eigenvalue weighted by molar-refractivity contribution is -0.137. The van der Waals surface area contributed by atoms with Crippen LogP contribution in [0.5, 0.6) is 11.5 Å². The summed E-state index contributed by atoms with van der Waals surface area (Å²) in [5.41, 5.74) is 9.48. The fourth-order valence-electron chi connectivity index (χ4n) is 10.6. The summed E-state index contributed by atoms with van der Waals surface area (Å²) in [6.07, 6.45) is 3.27. The van der Waals surface area contributed by atoms with Crippen LogP contribution in [0.2, 0.25) is 0 Å². The number of primary amides is 1. The third-order valence-corrected chi connectivity index (χ3v) is 16.1. The Labute approximate surface area is 568 Å². The molecule has 0 bridgehead atoms. The molecule has 0 radical (unpaired) electrons. The highest BCUT2D eigenvalue weighted by Gasteiger charge is 2.38. The first-order valence-corrected chi connectivity index (χ1v) is 32.1. The van der Waals surface area contributed by atoms with E-state index in [1.165, 1.54) is 16.8 Å². The van der Waals surface area contributed by atoms with Gasteiger partial charge in [-0.1, -0.05) is 44.2 Å². The minimum atomic E-state index is -1.16. The summed E-state index contributed by atoms with van der Waals surface area (Å²) in [5.74, 6) is -3.09. The number of benzene rings is 4. The number of carbonyl (C=O) groups excluding carboxylic acids is 10. The van der Waals surface area contributed by atoms with Crippen LogP contribution in [0.1, 0.15) is 70.1 Å². The molecule has 0 saturated heterocycles. The van der Waals surface area contributed by atoms with Gasteiger partial charge in [-0.25, -0.2) is 24.2 Å². The molecule has 0 fully saturated rings. The van der Waals surface area contributed by atoms with E-state index in [0.29, 0.717) is 45.0 Å². The number of aliphatic hydroxyl groups is 2. The Morgan fingerprint density at radius 3 is 2.20 bits per heavy atom.